The normalized spacial score (nSPS) is 11.4. The van der Waals surface area contributed by atoms with E-state index in [1.807, 2.05) is 12.1 Å². The van der Waals surface area contributed by atoms with Gasteiger partial charge in [-0.3, -0.25) is 9.83 Å². The van der Waals surface area contributed by atoms with Crippen LogP contribution in [-0.2, 0) is 30.7 Å². The van der Waals surface area contributed by atoms with Gasteiger partial charge in [-0.15, -0.1) is 16.8 Å². The number of rotatable bonds is 11. The summed E-state index contributed by atoms with van der Waals surface area (Å²) in [6.07, 6.45) is 2.41. The first kappa shape index (κ1) is 38.5. The Labute approximate surface area is 306 Å². The molecular weight excluding hydrogens is 646 g/mol. The zero-order chi connectivity index (χ0) is 31.1. The Balaban J connectivity index is 0.00000353. The van der Waals surface area contributed by atoms with Gasteiger partial charge in [-0.25, -0.2) is 8.42 Å². The van der Waals surface area contributed by atoms with Crippen molar-refractivity contribution in [3.63, 3.8) is 0 Å². The molecule has 0 fully saturated rings. The molecule has 0 saturated carbocycles. The molecule has 45 heavy (non-hydrogen) atoms. The number of allylic oxidation sites excluding steroid dienone is 1. The molecule has 0 atom stereocenters. The van der Waals surface area contributed by atoms with Crippen LogP contribution in [0.1, 0.15) is 12.5 Å². The van der Waals surface area contributed by atoms with Crippen molar-refractivity contribution in [1.29, 1.82) is 0 Å². The average molecular weight is 669 g/mol. The molecule has 4 aromatic rings. The first-order valence-electron chi connectivity index (χ1n) is 12.1. The van der Waals surface area contributed by atoms with Gasteiger partial charge in [0.05, 0.1) is 44.3 Å². The van der Waals surface area contributed by atoms with E-state index in [9.17, 15) is 28.1 Å². The molecule has 0 heterocycles. The zero-order valence-electron chi connectivity index (χ0n) is 24.3. The second-order valence-corrected chi connectivity index (χ2v) is 10.9. The molecule has 4 rings (SSSR count). The first-order valence-corrected chi connectivity index (χ1v) is 14.3. The van der Waals surface area contributed by atoms with E-state index in [1.165, 1.54) is 37.3 Å². The quantitative estimate of drug-likeness (QED) is 0.0279. The van der Waals surface area contributed by atoms with Crippen LogP contribution in [0.5, 0.6) is 5.75 Å². The van der Waals surface area contributed by atoms with E-state index < -0.39 is 26.5 Å². The van der Waals surface area contributed by atoms with Crippen molar-refractivity contribution in [2.45, 2.75) is 23.1 Å². The molecule has 0 aliphatic carbocycles. The molecule has 0 aliphatic rings. The number of nitrogens with one attached hydrogen (secondary N) is 1. The standard InChI is InChI=1S/C27H24N6O8S2.2Na/c1-3-4-16-5-7-19(8-6-16)30-32-25-21(42-41-40-36)13-17-14-22(43(37,38)39)26(27(35)23(17)24(25)28)33-31-20-11-9-18(10-12-20)29-15(2)34;;/h3,5-14,35-36H,1,4,28H2,2H3,(H,29,34)(H,37,38,39);;/q;2*+1/p-2. The number of amides is 1. The van der Waals surface area contributed by atoms with Crippen LogP contribution in [-0.4, -0.2) is 24.0 Å². The van der Waals surface area contributed by atoms with Crippen LogP contribution in [0.4, 0.5) is 34.1 Å². The summed E-state index contributed by atoms with van der Waals surface area (Å²) in [4.78, 5) is 10.4. The van der Waals surface area contributed by atoms with Gasteiger partial charge < -0.3 is 26.0 Å². The number of fused-ring (bicyclic) bond motifs is 1. The van der Waals surface area contributed by atoms with Gasteiger partial charge >= 0.3 is 59.1 Å². The van der Waals surface area contributed by atoms with Crippen LogP contribution in [0, 0.1) is 0 Å². The molecule has 0 saturated heterocycles. The molecule has 222 valence electrons. The van der Waals surface area contributed by atoms with Crippen LogP contribution in [0.15, 0.2) is 104 Å². The van der Waals surface area contributed by atoms with Gasteiger partial charge in [0.1, 0.15) is 21.5 Å². The number of carbonyl (C=O) groups is 1. The van der Waals surface area contributed by atoms with Crippen molar-refractivity contribution in [2.24, 2.45) is 20.5 Å². The first-order chi connectivity index (χ1) is 20.5. The predicted octanol–water partition coefficient (Wildman–Crippen LogP) is -0.212. The number of azo groups is 2. The van der Waals surface area contributed by atoms with Gasteiger partial charge in [-0.2, -0.15) is 14.6 Å². The minimum absolute atomic E-state index is 0. The second-order valence-electron chi connectivity index (χ2n) is 8.77. The largest absolute Gasteiger partial charge is 1.00 e. The summed E-state index contributed by atoms with van der Waals surface area (Å²) in [5.41, 5.74) is 7.57. The number of carbonyl (C=O) groups excluding carboxylic acids is 1. The van der Waals surface area contributed by atoms with Gasteiger partial charge in [-0.1, -0.05) is 18.2 Å². The fourth-order valence-corrected chi connectivity index (χ4v) is 5.06. The van der Waals surface area contributed by atoms with Gasteiger partial charge in [0, 0.05) is 12.6 Å². The fraction of sp³-hybridized carbons (Fsp3) is 0.0741. The number of nitrogen functional groups attached to an aromatic ring is 1. The van der Waals surface area contributed by atoms with Crippen molar-refractivity contribution < 1.29 is 96.6 Å². The van der Waals surface area contributed by atoms with Crippen LogP contribution in [0.3, 0.4) is 0 Å². The summed E-state index contributed by atoms with van der Waals surface area (Å²) in [6, 6.07) is 15.3. The molecule has 0 radical (unpaired) electrons. The molecule has 4 aromatic carbocycles. The number of benzene rings is 4. The van der Waals surface area contributed by atoms with E-state index in [0.717, 1.165) is 11.6 Å². The Morgan fingerprint density at radius 3 is 2.13 bits per heavy atom. The number of phenolic OH excluding ortho intramolecular Hbond substituents is 1. The summed E-state index contributed by atoms with van der Waals surface area (Å²) in [7, 11) is -5.19. The summed E-state index contributed by atoms with van der Waals surface area (Å²) in [5.74, 6) is -1.06. The summed E-state index contributed by atoms with van der Waals surface area (Å²) in [6.45, 7) is 5.04. The van der Waals surface area contributed by atoms with E-state index in [0.29, 0.717) is 29.8 Å². The predicted molar refractivity (Wildman–Crippen MR) is 155 cm³/mol. The number of hydrogen-bond donors (Lipinski definition) is 3. The Kier molecular flexibility index (Phi) is 14.8. The molecule has 0 aromatic heterocycles. The summed E-state index contributed by atoms with van der Waals surface area (Å²) >= 11 is 0.399. The Hall–Kier alpha value is -2.71. The SMILES string of the molecule is C=CCc1ccc(N=Nc2c(SOO[O-])cc3cc(S(=O)(=O)[O-])c(N=Nc4ccc(NC(C)=O)cc4)c(O)c3c2N)cc1.[Na+].[Na+]. The maximum absolute atomic E-state index is 12.2. The Morgan fingerprint density at radius 2 is 1.60 bits per heavy atom. The van der Waals surface area contributed by atoms with Gasteiger partial charge in [0.2, 0.25) is 5.91 Å². The topological polar surface area (TPSA) is 224 Å². The minimum Gasteiger partial charge on any atom is -0.744 e. The van der Waals surface area contributed by atoms with Crippen LogP contribution in [0.25, 0.3) is 10.8 Å². The maximum Gasteiger partial charge on any atom is 1.00 e. The number of nitrogens with two attached hydrogens (primary N) is 1. The van der Waals surface area contributed by atoms with Crippen LogP contribution >= 0.6 is 12.0 Å². The Morgan fingerprint density at radius 1 is 1.02 bits per heavy atom. The molecule has 1 amide bonds. The van der Waals surface area contributed by atoms with Crippen molar-refractivity contribution in [1.82, 2.24) is 0 Å². The molecule has 0 spiro atoms. The molecule has 18 heteroatoms. The summed E-state index contributed by atoms with van der Waals surface area (Å²) < 4.78 is 40.9. The number of phenols is 1. The third-order valence-electron chi connectivity index (χ3n) is 5.77. The van der Waals surface area contributed by atoms with Crippen molar-refractivity contribution in [3.05, 3.63) is 78.9 Å². The van der Waals surface area contributed by atoms with Crippen molar-refractivity contribution in [2.75, 3.05) is 11.1 Å². The smallest absolute Gasteiger partial charge is 0.744 e. The molecule has 0 aliphatic heterocycles. The van der Waals surface area contributed by atoms with E-state index in [4.69, 9.17) is 5.73 Å². The third-order valence-corrected chi connectivity index (χ3v) is 7.23. The monoisotopic (exact) mass is 668 g/mol. The maximum atomic E-state index is 12.2. The van der Waals surface area contributed by atoms with Gasteiger partial charge in [-0.05, 0) is 65.9 Å². The van der Waals surface area contributed by atoms with Crippen molar-refractivity contribution >= 4 is 73.0 Å². The fourth-order valence-electron chi connectivity index (χ4n) is 3.91. The van der Waals surface area contributed by atoms with Crippen LogP contribution < -0.4 is 75.4 Å². The number of anilines is 2. The van der Waals surface area contributed by atoms with E-state index >= 15 is 0 Å². The Bertz CT molecular complexity index is 1860. The molecule has 14 nitrogen and oxygen atoms in total. The minimum atomic E-state index is -5.19. The average Bonchev–Trinajstić information content (AvgIpc) is 2.95. The molecule has 0 bridgehead atoms. The van der Waals surface area contributed by atoms with E-state index in [1.54, 1.807) is 18.2 Å². The van der Waals surface area contributed by atoms with E-state index in [-0.39, 0.29) is 97.8 Å². The zero-order valence-corrected chi connectivity index (χ0v) is 29.9. The molecular formula is C27H22N6Na2O8S2. The van der Waals surface area contributed by atoms with Crippen molar-refractivity contribution in [3.8, 4) is 5.75 Å². The summed E-state index contributed by atoms with van der Waals surface area (Å²) in [5, 5.41) is 43.7. The van der Waals surface area contributed by atoms with Gasteiger partial charge in [0.25, 0.3) is 0 Å². The molecule has 4 N–H and O–H groups in total. The van der Waals surface area contributed by atoms with Gasteiger partial charge in [0.15, 0.2) is 5.75 Å². The molecule has 0 unspecified atom stereocenters. The second kappa shape index (κ2) is 17.3. The number of nitrogens with zero attached hydrogens (tertiary/aromatic N) is 4. The third kappa shape index (κ3) is 9.89. The van der Waals surface area contributed by atoms with E-state index in [2.05, 4.69) is 41.7 Å². The number of hydrogen-bond acceptors (Lipinski definition) is 14. The number of aromatic hydroxyl groups is 1. The van der Waals surface area contributed by atoms with Crippen LogP contribution in [0.2, 0.25) is 0 Å².